The van der Waals surface area contributed by atoms with Crippen LogP contribution in [-0.4, -0.2) is 34.8 Å². The van der Waals surface area contributed by atoms with Gasteiger partial charge < -0.3 is 14.4 Å². The van der Waals surface area contributed by atoms with E-state index in [2.05, 4.69) is 15.9 Å². The van der Waals surface area contributed by atoms with E-state index < -0.39 is 0 Å². The van der Waals surface area contributed by atoms with Gasteiger partial charge in [-0.05, 0) is 62.2 Å². The number of phenolic OH excluding ortho intramolecular Hbond substituents is 1. The Balaban J connectivity index is 1.46. The van der Waals surface area contributed by atoms with Crippen LogP contribution in [0.3, 0.4) is 0 Å². The van der Waals surface area contributed by atoms with Crippen molar-refractivity contribution in [2.45, 2.75) is 19.8 Å². The first-order valence-corrected chi connectivity index (χ1v) is 10.0. The smallest absolute Gasteiger partial charge is 0.289 e. The highest BCUT2D eigenvalue weighted by atomic mass is 79.9. The van der Waals surface area contributed by atoms with E-state index in [1.807, 2.05) is 25.1 Å². The summed E-state index contributed by atoms with van der Waals surface area (Å²) in [6.07, 6.45) is 1.24. The van der Waals surface area contributed by atoms with Gasteiger partial charge in [-0.2, -0.15) is 0 Å². The number of furan rings is 1. The molecule has 0 bridgehead atoms. The van der Waals surface area contributed by atoms with Gasteiger partial charge in [0.05, 0.1) is 0 Å². The number of hydrogen-bond donors (Lipinski definition) is 1. The Morgan fingerprint density at radius 3 is 2.46 bits per heavy atom. The Kier molecular flexibility index (Phi) is 4.98. The Morgan fingerprint density at radius 1 is 1.11 bits per heavy atom. The van der Waals surface area contributed by atoms with E-state index in [0.717, 1.165) is 15.4 Å². The minimum atomic E-state index is -0.125. The number of benzene rings is 2. The molecular formula is C22H20BrNO4. The van der Waals surface area contributed by atoms with Crippen molar-refractivity contribution >= 4 is 38.6 Å². The zero-order valence-electron chi connectivity index (χ0n) is 15.4. The maximum Gasteiger partial charge on any atom is 0.289 e. The number of carbonyl (C=O) groups excluding carboxylic acids is 2. The summed E-state index contributed by atoms with van der Waals surface area (Å²) in [6.45, 7) is 2.94. The summed E-state index contributed by atoms with van der Waals surface area (Å²) in [5.41, 5.74) is 2.13. The molecule has 1 amide bonds. The number of rotatable bonds is 3. The lowest BCUT2D eigenvalue weighted by Crippen LogP contribution is -2.40. The van der Waals surface area contributed by atoms with Crippen molar-refractivity contribution < 1.29 is 19.1 Å². The van der Waals surface area contributed by atoms with Crippen LogP contribution in [0.25, 0.3) is 11.0 Å². The fourth-order valence-corrected chi connectivity index (χ4v) is 4.11. The van der Waals surface area contributed by atoms with Crippen molar-refractivity contribution in [3.63, 3.8) is 0 Å². The van der Waals surface area contributed by atoms with E-state index in [9.17, 15) is 14.7 Å². The van der Waals surface area contributed by atoms with Crippen molar-refractivity contribution in [1.29, 1.82) is 0 Å². The van der Waals surface area contributed by atoms with Gasteiger partial charge in [-0.15, -0.1) is 0 Å². The van der Waals surface area contributed by atoms with Crippen molar-refractivity contribution in [3.05, 3.63) is 63.8 Å². The zero-order valence-corrected chi connectivity index (χ0v) is 17.0. The standard InChI is InChI=1S/C22H20BrNO4/c1-13-18-12-16(23)4-7-19(18)28-21(13)22(27)24-10-8-15(9-11-24)20(26)14-2-5-17(25)6-3-14/h2-7,12,15,25H,8-11H2,1H3. The number of amides is 1. The SMILES string of the molecule is Cc1c(C(=O)N2CCC(C(=O)c3ccc(O)cc3)CC2)oc2ccc(Br)cc12. The number of nitrogens with zero attached hydrogens (tertiary/aromatic N) is 1. The molecular weight excluding hydrogens is 422 g/mol. The maximum atomic E-state index is 13.0. The molecule has 4 rings (SSSR count). The zero-order chi connectivity index (χ0) is 19.8. The number of hydrogen-bond acceptors (Lipinski definition) is 4. The van der Waals surface area contributed by atoms with Crippen LogP contribution in [-0.2, 0) is 0 Å². The molecule has 1 aromatic heterocycles. The Labute approximate surface area is 171 Å². The molecule has 0 atom stereocenters. The van der Waals surface area contributed by atoms with Crippen molar-refractivity contribution in [3.8, 4) is 5.75 Å². The predicted octanol–water partition coefficient (Wildman–Crippen LogP) is 4.94. The summed E-state index contributed by atoms with van der Waals surface area (Å²) < 4.78 is 6.76. The van der Waals surface area contributed by atoms with E-state index in [0.29, 0.717) is 42.8 Å². The summed E-state index contributed by atoms with van der Waals surface area (Å²) in [5.74, 6) is 0.347. The molecule has 1 aliphatic rings. The summed E-state index contributed by atoms with van der Waals surface area (Å²) >= 11 is 3.45. The van der Waals surface area contributed by atoms with E-state index in [4.69, 9.17) is 4.42 Å². The Bertz CT molecular complexity index is 1050. The maximum absolute atomic E-state index is 13.0. The fourth-order valence-electron chi connectivity index (χ4n) is 3.75. The number of aryl methyl sites for hydroxylation is 1. The number of likely N-dealkylation sites (tertiary alicyclic amines) is 1. The number of piperidine rings is 1. The van der Waals surface area contributed by atoms with Crippen molar-refractivity contribution in [1.82, 2.24) is 4.90 Å². The van der Waals surface area contributed by atoms with Crippen molar-refractivity contribution in [2.24, 2.45) is 5.92 Å². The van der Waals surface area contributed by atoms with Crippen LogP contribution in [0, 0.1) is 12.8 Å². The molecule has 1 N–H and O–H groups in total. The van der Waals surface area contributed by atoms with E-state index >= 15 is 0 Å². The van der Waals surface area contributed by atoms with Gasteiger partial charge in [0, 0.05) is 40.0 Å². The van der Waals surface area contributed by atoms with Gasteiger partial charge in [-0.25, -0.2) is 0 Å². The molecule has 1 aliphatic heterocycles. The third kappa shape index (κ3) is 3.44. The molecule has 1 fully saturated rings. The molecule has 144 valence electrons. The van der Waals surface area contributed by atoms with Crippen LogP contribution in [0.2, 0.25) is 0 Å². The van der Waals surface area contributed by atoms with Gasteiger partial charge in [-0.1, -0.05) is 15.9 Å². The van der Waals surface area contributed by atoms with Crippen LogP contribution in [0.4, 0.5) is 0 Å². The molecule has 2 heterocycles. The Hall–Kier alpha value is -2.60. The summed E-state index contributed by atoms with van der Waals surface area (Å²) in [6, 6.07) is 12.0. The van der Waals surface area contributed by atoms with Crippen LogP contribution < -0.4 is 0 Å². The molecule has 0 saturated carbocycles. The highest BCUT2D eigenvalue weighted by molar-refractivity contribution is 9.10. The number of fused-ring (bicyclic) bond motifs is 1. The summed E-state index contributed by atoms with van der Waals surface area (Å²) in [4.78, 5) is 27.4. The van der Waals surface area contributed by atoms with Gasteiger partial charge in [-0.3, -0.25) is 9.59 Å². The minimum absolute atomic E-state index is 0.0665. The molecule has 0 aliphatic carbocycles. The monoisotopic (exact) mass is 441 g/mol. The highest BCUT2D eigenvalue weighted by Crippen LogP contribution is 2.30. The lowest BCUT2D eigenvalue weighted by atomic mass is 9.88. The van der Waals surface area contributed by atoms with Crippen LogP contribution in [0.5, 0.6) is 5.75 Å². The van der Waals surface area contributed by atoms with Gasteiger partial charge in [0.1, 0.15) is 11.3 Å². The van der Waals surface area contributed by atoms with E-state index in [1.54, 1.807) is 17.0 Å². The third-order valence-electron chi connectivity index (χ3n) is 5.40. The van der Waals surface area contributed by atoms with E-state index in [-0.39, 0.29) is 23.4 Å². The van der Waals surface area contributed by atoms with Gasteiger partial charge in [0.2, 0.25) is 0 Å². The number of phenols is 1. The second kappa shape index (κ2) is 7.43. The average Bonchev–Trinajstić information content (AvgIpc) is 3.03. The van der Waals surface area contributed by atoms with Crippen LogP contribution >= 0.6 is 15.9 Å². The predicted molar refractivity (Wildman–Crippen MR) is 110 cm³/mol. The molecule has 0 spiro atoms. The molecule has 28 heavy (non-hydrogen) atoms. The number of carbonyl (C=O) groups is 2. The largest absolute Gasteiger partial charge is 0.508 e. The first-order chi connectivity index (χ1) is 13.4. The third-order valence-corrected chi connectivity index (χ3v) is 5.89. The molecule has 6 heteroatoms. The number of Topliss-reactive ketones (excluding diaryl/α,β-unsaturated/α-hetero) is 1. The average molecular weight is 442 g/mol. The number of halogens is 1. The second-order valence-corrected chi connectivity index (χ2v) is 8.09. The van der Waals surface area contributed by atoms with Gasteiger partial charge in [0.15, 0.2) is 11.5 Å². The first-order valence-electron chi connectivity index (χ1n) is 9.25. The molecule has 0 radical (unpaired) electrons. The molecule has 5 nitrogen and oxygen atoms in total. The fraction of sp³-hybridized carbons (Fsp3) is 0.273. The Morgan fingerprint density at radius 2 is 1.79 bits per heavy atom. The lowest BCUT2D eigenvalue weighted by molar-refractivity contribution is 0.0625. The second-order valence-electron chi connectivity index (χ2n) is 7.17. The van der Waals surface area contributed by atoms with Crippen LogP contribution in [0.15, 0.2) is 51.4 Å². The minimum Gasteiger partial charge on any atom is -0.508 e. The molecule has 0 unspecified atom stereocenters. The number of ketones is 1. The van der Waals surface area contributed by atoms with Gasteiger partial charge in [0.25, 0.3) is 5.91 Å². The molecule has 2 aromatic carbocycles. The van der Waals surface area contributed by atoms with Gasteiger partial charge >= 0.3 is 0 Å². The first kappa shape index (κ1) is 18.7. The van der Waals surface area contributed by atoms with Crippen molar-refractivity contribution in [2.75, 3.05) is 13.1 Å². The normalized spacial score (nSPS) is 15.1. The van der Waals surface area contributed by atoms with Crippen LogP contribution in [0.1, 0.15) is 39.3 Å². The lowest BCUT2D eigenvalue weighted by Gasteiger charge is -2.31. The molecule has 1 saturated heterocycles. The topological polar surface area (TPSA) is 70.8 Å². The quantitative estimate of drug-likeness (QED) is 0.583. The summed E-state index contributed by atoms with van der Waals surface area (Å²) in [7, 11) is 0. The van der Waals surface area contributed by atoms with E-state index in [1.165, 1.54) is 12.1 Å². The summed E-state index contributed by atoms with van der Waals surface area (Å²) in [5, 5.41) is 10.3. The highest BCUT2D eigenvalue weighted by Gasteiger charge is 2.30. The number of aromatic hydroxyl groups is 1. The molecule has 3 aromatic rings.